The van der Waals surface area contributed by atoms with Crippen molar-refractivity contribution in [3.63, 3.8) is 0 Å². The van der Waals surface area contributed by atoms with Crippen LogP contribution in [0.5, 0.6) is 0 Å². The molecule has 29 heavy (non-hydrogen) atoms. The molecule has 0 spiro atoms. The number of likely N-dealkylation sites (tertiary alicyclic amines) is 1. The zero-order valence-corrected chi connectivity index (χ0v) is 18.0. The molecule has 3 amide bonds. The Kier molecular flexibility index (Phi) is 6.25. The molecule has 1 aromatic carbocycles. The third-order valence-electron chi connectivity index (χ3n) is 5.74. The maximum absolute atomic E-state index is 12.8. The average Bonchev–Trinajstić information content (AvgIpc) is 3.09. The van der Waals surface area contributed by atoms with Gasteiger partial charge in [0, 0.05) is 44.4 Å². The van der Waals surface area contributed by atoms with Crippen LogP contribution in [-0.4, -0.2) is 58.7 Å². The van der Waals surface area contributed by atoms with Crippen LogP contribution < -0.4 is 5.32 Å². The van der Waals surface area contributed by atoms with Gasteiger partial charge < -0.3 is 15.1 Å². The molecule has 1 aliphatic heterocycles. The van der Waals surface area contributed by atoms with E-state index in [1.807, 2.05) is 47.8 Å². The molecule has 1 aromatic heterocycles. The number of aryl methyl sites for hydroxylation is 1. The number of amides is 3. The normalized spacial score (nSPS) is 15.8. The van der Waals surface area contributed by atoms with E-state index in [1.165, 1.54) is 0 Å². The highest BCUT2D eigenvalue weighted by Crippen LogP contribution is 2.24. The predicted molar refractivity (Wildman–Crippen MR) is 113 cm³/mol. The fraction of sp³-hybridized carbons (Fsp3) is 0.500. The molecule has 1 saturated heterocycles. The van der Waals surface area contributed by atoms with E-state index in [-0.39, 0.29) is 23.9 Å². The van der Waals surface area contributed by atoms with Crippen molar-refractivity contribution in [3.8, 4) is 5.69 Å². The summed E-state index contributed by atoms with van der Waals surface area (Å²) in [7, 11) is 3.50. The molecule has 1 atom stereocenters. The summed E-state index contributed by atoms with van der Waals surface area (Å²) < 4.78 is 1.93. The van der Waals surface area contributed by atoms with Crippen LogP contribution in [0.15, 0.2) is 30.5 Å². The molecule has 7 nitrogen and oxygen atoms in total. The summed E-state index contributed by atoms with van der Waals surface area (Å²) in [5, 5.41) is 7.70. The van der Waals surface area contributed by atoms with Crippen LogP contribution in [0.1, 0.15) is 42.6 Å². The molecule has 0 saturated carbocycles. The van der Waals surface area contributed by atoms with Gasteiger partial charge in [-0.05, 0) is 45.2 Å². The van der Waals surface area contributed by atoms with E-state index in [4.69, 9.17) is 0 Å². The molecule has 2 aromatic rings. The molecule has 0 bridgehead atoms. The van der Waals surface area contributed by atoms with E-state index >= 15 is 0 Å². The van der Waals surface area contributed by atoms with Crippen LogP contribution in [-0.2, 0) is 4.79 Å². The molecule has 1 fully saturated rings. The summed E-state index contributed by atoms with van der Waals surface area (Å²) in [5.41, 5.74) is 4.24. The lowest BCUT2D eigenvalue weighted by Gasteiger charge is -2.33. The van der Waals surface area contributed by atoms with E-state index in [0.29, 0.717) is 25.9 Å². The van der Waals surface area contributed by atoms with Crippen LogP contribution in [0.3, 0.4) is 0 Å². The minimum Gasteiger partial charge on any atom is -0.349 e. The standard InChI is InChI=1S/C22H31N5O2/c1-15-8-6-7-9-20(15)27-17(3)19(14-23-27)16(2)24-21(28)18-10-12-26(13-11-18)22(29)25(4)5/h6-9,14,16,18H,10-13H2,1-5H3,(H,24,28)/t16-/m0/s1. The molecule has 7 heteroatoms. The lowest BCUT2D eigenvalue weighted by molar-refractivity contribution is -0.126. The second-order valence-electron chi connectivity index (χ2n) is 8.05. The first-order valence-electron chi connectivity index (χ1n) is 10.2. The lowest BCUT2D eigenvalue weighted by atomic mass is 9.95. The molecule has 156 valence electrons. The summed E-state index contributed by atoms with van der Waals surface area (Å²) in [5.74, 6) is -0.00660. The number of carbonyl (C=O) groups excluding carboxylic acids is 2. The predicted octanol–water partition coefficient (Wildman–Crippen LogP) is 3.06. The van der Waals surface area contributed by atoms with Crippen molar-refractivity contribution in [2.45, 2.75) is 39.7 Å². The van der Waals surface area contributed by atoms with Crippen molar-refractivity contribution in [1.29, 1.82) is 0 Å². The summed E-state index contributed by atoms with van der Waals surface area (Å²) in [6, 6.07) is 8.01. The van der Waals surface area contributed by atoms with E-state index in [2.05, 4.69) is 23.4 Å². The number of rotatable bonds is 4. The number of nitrogens with one attached hydrogen (secondary N) is 1. The smallest absolute Gasteiger partial charge is 0.319 e. The number of benzene rings is 1. The van der Waals surface area contributed by atoms with Crippen molar-refractivity contribution in [2.75, 3.05) is 27.2 Å². The number of urea groups is 1. The number of para-hydroxylation sites is 1. The number of hydrogen-bond donors (Lipinski definition) is 1. The molecule has 2 heterocycles. The van der Waals surface area contributed by atoms with Gasteiger partial charge >= 0.3 is 6.03 Å². The summed E-state index contributed by atoms with van der Waals surface area (Å²) in [6.07, 6.45) is 3.23. The number of hydrogen-bond acceptors (Lipinski definition) is 3. The minimum atomic E-state index is -0.123. The van der Waals surface area contributed by atoms with E-state index < -0.39 is 0 Å². The van der Waals surface area contributed by atoms with Crippen molar-refractivity contribution in [3.05, 3.63) is 47.3 Å². The zero-order chi connectivity index (χ0) is 21.1. The maximum atomic E-state index is 12.8. The fourth-order valence-electron chi connectivity index (χ4n) is 3.92. The van der Waals surface area contributed by atoms with Crippen molar-refractivity contribution >= 4 is 11.9 Å². The quantitative estimate of drug-likeness (QED) is 0.862. The zero-order valence-electron chi connectivity index (χ0n) is 18.0. The van der Waals surface area contributed by atoms with Gasteiger partial charge in [0.05, 0.1) is 17.9 Å². The molecular formula is C22H31N5O2. The van der Waals surface area contributed by atoms with Gasteiger partial charge in [0.1, 0.15) is 0 Å². The topological polar surface area (TPSA) is 70.5 Å². The van der Waals surface area contributed by atoms with Gasteiger partial charge in [-0.25, -0.2) is 9.48 Å². The molecule has 3 rings (SSSR count). The number of nitrogens with zero attached hydrogens (tertiary/aromatic N) is 4. The Bertz CT molecular complexity index is 881. The van der Waals surface area contributed by atoms with E-state index in [9.17, 15) is 9.59 Å². The third-order valence-corrected chi connectivity index (χ3v) is 5.74. The van der Waals surface area contributed by atoms with Gasteiger partial charge in [0.2, 0.25) is 5.91 Å². The van der Waals surface area contributed by atoms with Crippen LogP contribution in [0.2, 0.25) is 0 Å². The Morgan fingerprint density at radius 2 is 1.83 bits per heavy atom. The Morgan fingerprint density at radius 3 is 2.45 bits per heavy atom. The number of piperidine rings is 1. The Morgan fingerprint density at radius 1 is 1.17 bits per heavy atom. The lowest BCUT2D eigenvalue weighted by Crippen LogP contribution is -2.46. The van der Waals surface area contributed by atoms with Gasteiger partial charge in [-0.3, -0.25) is 4.79 Å². The van der Waals surface area contributed by atoms with Crippen LogP contribution in [0.4, 0.5) is 4.79 Å². The SMILES string of the molecule is Cc1ccccc1-n1ncc([C@H](C)NC(=O)C2CCN(C(=O)N(C)C)CC2)c1C. The average molecular weight is 398 g/mol. The molecule has 1 aliphatic rings. The fourth-order valence-corrected chi connectivity index (χ4v) is 3.92. The summed E-state index contributed by atoms with van der Waals surface area (Å²) in [6.45, 7) is 7.33. The van der Waals surface area contributed by atoms with E-state index in [0.717, 1.165) is 22.5 Å². The van der Waals surface area contributed by atoms with Crippen molar-refractivity contribution in [1.82, 2.24) is 24.9 Å². The second kappa shape index (κ2) is 8.68. The molecule has 0 radical (unpaired) electrons. The first-order valence-corrected chi connectivity index (χ1v) is 10.2. The van der Waals surface area contributed by atoms with Gasteiger partial charge in [-0.15, -0.1) is 0 Å². The highest BCUT2D eigenvalue weighted by atomic mass is 16.2. The van der Waals surface area contributed by atoms with Gasteiger partial charge in [-0.1, -0.05) is 18.2 Å². The summed E-state index contributed by atoms with van der Waals surface area (Å²) >= 11 is 0. The third kappa shape index (κ3) is 4.44. The maximum Gasteiger partial charge on any atom is 0.319 e. The minimum absolute atomic E-state index is 0.0106. The second-order valence-corrected chi connectivity index (χ2v) is 8.05. The Labute approximate surface area is 172 Å². The van der Waals surface area contributed by atoms with Crippen molar-refractivity contribution < 1.29 is 9.59 Å². The van der Waals surface area contributed by atoms with Gasteiger partial charge in [0.15, 0.2) is 0 Å². The van der Waals surface area contributed by atoms with Crippen LogP contribution in [0.25, 0.3) is 5.69 Å². The highest BCUT2D eigenvalue weighted by Gasteiger charge is 2.29. The van der Waals surface area contributed by atoms with E-state index in [1.54, 1.807) is 19.0 Å². The molecular weight excluding hydrogens is 366 g/mol. The molecule has 0 unspecified atom stereocenters. The molecule has 1 N–H and O–H groups in total. The van der Waals surface area contributed by atoms with Gasteiger partial charge in [-0.2, -0.15) is 5.10 Å². The van der Waals surface area contributed by atoms with Crippen LogP contribution >= 0.6 is 0 Å². The number of carbonyl (C=O) groups is 2. The Hall–Kier alpha value is -2.83. The largest absolute Gasteiger partial charge is 0.349 e. The Balaban J connectivity index is 1.63. The first-order chi connectivity index (χ1) is 13.8. The monoisotopic (exact) mass is 397 g/mol. The molecule has 0 aliphatic carbocycles. The van der Waals surface area contributed by atoms with Crippen LogP contribution in [0, 0.1) is 19.8 Å². The first kappa shape index (κ1) is 20.9. The van der Waals surface area contributed by atoms with Gasteiger partial charge in [0.25, 0.3) is 0 Å². The highest BCUT2D eigenvalue weighted by molar-refractivity contribution is 5.80. The van der Waals surface area contributed by atoms with Crippen molar-refractivity contribution in [2.24, 2.45) is 5.92 Å². The summed E-state index contributed by atoms with van der Waals surface area (Å²) in [4.78, 5) is 28.2. The number of aromatic nitrogens is 2.